The molecule has 0 aromatic carbocycles. The highest BCUT2D eigenvalue weighted by atomic mass is 19.1. The van der Waals surface area contributed by atoms with Gasteiger partial charge in [0.2, 0.25) is 0 Å². The maximum absolute atomic E-state index is 13.0. The van der Waals surface area contributed by atoms with Gasteiger partial charge in [0.1, 0.15) is 5.82 Å². The highest BCUT2D eigenvalue weighted by Gasteiger charge is 2.24. The monoisotopic (exact) mass is 222 g/mol. The number of rotatable bonds is 3. The Balaban J connectivity index is 1.99. The predicted molar refractivity (Wildman–Crippen MR) is 62.5 cm³/mol. The molecule has 1 aliphatic rings. The predicted octanol–water partition coefficient (Wildman–Crippen LogP) is 3.06. The summed E-state index contributed by atoms with van der Waals surface area (Å²) < 4.78 is 13.0. The third-order valence-electron chi connectivity index (χ3n) is 3.55. The molecule has 3 atom stereocenters. The fraction of sp³-hybridized carbons (Fsp3) is 0.615. The van der Waals surface area contributed by atoms with Crippen LogP contribution in [-0.4, -0.2) is 11.0 Å². The van der Waals surface area contributed by atoms with Gasteiger partial charge in [0.15, 0.2) is 0 Å². The van der Waals surface area contributed by atoms with Crippen molar-refractivity contribution in [2.45, 2.75) is 45.2 Å². The van der Waals surface area contributed by atoms with E-state index in [4.69, 9.17) is 0 Å². The van der Waals surface area contributed by atoms with E-state index in [0.29, 0.717) is 6.04 Å². The van der Waals surface area contributed by atoms with Gasteiger partial charge in [-0.3, -0.25) is 4.98 Å². The topological polar surface area (TPSA) is 24.9 Å². The zero-order valence-electron chi connectivity index (χ0n) is 9.91. The fourth-order valence-corrected chi connectivity index (χ4v) is 2.48. The van der Waals surface area contributed by atoms with Crippen LogP contribution in [0.5, 0.6) is 0 Å². The van der Waals surface area contributed by atoms with Crippen molar-refractivity contribution >= 4 is 0 Å². The first-order chi connectivity index (χ1) is 7.66. The van der Waals surface area contributed by atoms with Crippen LogP contribution < -0.4 is 5.32 Å². The van der Waals surface area contributed by atoms with Gasteiger partial charge in [-0.2, -0.15) is 0 Å². The smallest absolute Gasteiger partial charge is 0.141 e. The molecule has 0 bridgehead atoms. The van der Waals surface area contributed by atoms with Crippen LogP contribution in [0.4, 0.5) is 4.39 Å². The van der Waals surface area contributed by atoms with Crippen molar-refractivity contribution < 1.29 is 4.39 Å². The van der Waals surface area contributed by atoms with Gasteiger partial charge >= 0.3 is 0 Å². The zero-order valence-corrected chi connectivity index (χ0v) is 9.91. The van der Waals surface area contributed by atoms with Crippen molar-refractivity contribution in [3.8, 4) is 0 Å². The largest absolute Gasteiger partial charge is 0.307 e. The molecule has 0 spiro atoms. The minimum absolute atomic E-state index is 0.175. The Hall–Kier alpha value is -0.960. The van der Waals surface area contributed by atoms with Gasteiger partial charge in [0, 0.05) is 18.3 Å². The van der Waals surface area contributed by atoms with Crippen LogP contribution in [-0.2, 0) is 0 Å². The molecule has 88 valence electrons. The van der Waals surface area contributed by atoms with Crippen molar-refractivity contribution in [1.29, 1.82) is 0 Å². The van der Waals surface area contributed by atoms with E-state index < -0.39 is 0 Å². The molecule has 3 heteroatoms. The Kier molecular flexibility index (Phi) is 3.54. The number of pyridine rings is 1. The maximum Gasteiger partial charge on any atom is 0.141 e. The lowest BCUT2D eigenvalue weighted by Crippen LogP contribution is -2.33. The highest BCUT2D eigenvalue weighted by Crippen LogP contribution is 2.27. The summed E-state index contributed by atoms with van der Waals surface area (Å²) in [5.74, 6) is 0.467. The molecular formula is C13H19FN2. The Morgan fingerprint density at radius 1 is 1.44 bits per heavy atom. The molecule has 1 N–H and O–H groups in total. The average molecular weight is 222 g/mol. The van der Waals surface area contributed by atoms with Crippen molar-refractivity contribution in [2.24, 2.45) is 5.92 Å². The Labute approximate surface area is 96.3 Å². The first kappa shape index (κ1) is 11.5. The second kappa shape index (κ2) is 4.91. The molecule has 3 unspecified atom stereocenters. The van der Waals surface area contributed by atoms with Crippen LogP contribution in [0.15, 0.2) is 18.5 Å². The molecule has 1 heterocycles. The van der Waals surface area contributed by atoms with Crippen LogP contribution >= 0.6 is 0 Å². The van der Waals surface area contributed by atoms with Gasteiger partial charge in [0.25, 0.3) is 0 Å². The summed E-state index contributed by atoms with van der Waals surface area (Å²) in [5.41, 5.74) is 0.930. The Morgan fingerprint density at radius 2 is 2.25 bits per heavy atom. The van der Waals surface area contributed by atoms with Gasteiger partial charge < -0.3 is 5.32 Å². The number of nitrogens with zero attached hydrogens (tertiary/aromatic N) is 1. The molecule has 1 saturated carbocycles. The van der Waals surface area contributed by atoms with Gasteiger partial charge in [-0.25, -0.2) is 4.39 Å². The molecular weight excluding hydrogens is 203 g/mol. The van der Waals surface area contributed by atoms with Crippen LogP contribution in [0.25, 0.3) is 0 Å². The standard InChI is InChI=1S/C13H19FN2/c1-9-4-3-5-13(9)16-10(2)11-6-12(14)8-15-7-11/h6-10,13,16H,3-5H2,1-2H3. The minimum Gasteiger partial charge on any atom is -0.307 e. The lowest BCUT2D eigenvalue weighted by Gasteiger charge is -2.22. The summed E-state index contributed by atoms with van der Waals surface area (Å²) in [7, 11) is 0. The molecule has 2 nitrogen and oxygen atoms in total. The lowest BCUT2D eigenvalue weighted by atomic mass is 10.0. The van der Waals surface area contributed by atoms with Gasteiger partial charge in [-0.1, -0.05) is 13.3 Å². The number of halogens is 1. The SMILES string of the molecule is CC(NC1CCCC1C)c1cncc(F)c1. The Bertz CT molecular complexity index is 354. The second-order valence-corrected chi connectivity index (χ2v) is 4.84. The fourth-order valence-electron chi connectivity index (χ4n) is 2.48. The van der Waals surface area contributed by atoms with E-state index in [1.54, 1.807) is 12.3 Å². The van der Waals surface area contributed by atoms with Crippen LogP contribution in [0, 0.1) is 11.7 Å². The molecule has 1 aromatic heterocycles. The van der Waals surface area contributed by atoms with Crippen molar-refractivity contribution in [1.82, 2.24) is 10.3 Å². The summed E-state index contributed by atoms with van der Waals surface area (Å²) in [6, 6.07) is 2.30. The summed E-state index contributed by atoms with van der Waals surface area (Å²) in [4.78, 5) is 3.88. The van der Waals surface area contributed by atoms with Crippen LogP contribution in [0.3, 0.4) is 0 Å². The van der Waals surface area contributed by atoms with E-state index in [0.717, 1.165) is 11.5 Å². The molecule has 0 saturated heterocycles. The quantitative estimate of drug-likeness (QED) is 0.850. The third-order valence-corrected chi connectivity index (χ3v) is 3.55. The van der Waals surface area contributed by atoms with E-state index >= 15 is 0 Å². The number of hydrogen-bond donors (Lipinski definition) is 1. The van der Waals surface area contributed by atoms with E-state index in [2.05, 4.69) is 24.1 Å². The highest BCUT2D eigenvalue weighted by molar-refractivity contribution is 5.14. The normalized spacial score (nSPS) is 26.9. The molecule has 16 heavy (non-hydrogen) atoms. The summed E-state index contributed by atoms with van der Waals surface area (Å²) in [6.07, 6.45) is 6.81. The third kappa shape index (κ3) is 2.59. The number of aromatic nitrogens is 1. The van der Waals surface area contributed by atoms with Gasteiger partial charge in [0.05, 0.1) is 6.20 Å². The first-order valence-electron chi connectivity index (χ1n) is 6.03. The number of nitrogens with one attached hydrogen (secondary N) is 1. The maximum atomic E-state index is 13.0. The summed E-state index contributed by atoms with van der Waals surface area (Å²) in [6.45, 7) is 4.35. The average Bonchev–Trinajstić information content (AvgIpc) is 2.64. The number of hydrogen-bond acceptors (Lipinski definition) is 2. The summed E-state index contributed by atoms with van der Waals surface area (Å²) in [5, 5.41) is 3.57. The molecule has 0 aliphatic heterocycles. The van der Waals surface area contributed by atoms with Crippen molar-refractivity contribution in [3.05, 3.63) is 29.8 Å². The van der Waals surface area contributed by atoms with Gasteiger partial charge in [-0.05, 0) is 37.3 Å². The minimum atomic E-state index is -0.259. The zero-order chi connectivity index (χ0) is 11.5. The first-order valence-corrected chi connectivity index (χ1v) is 6.03. The van der Waals surface area contributed by atoms with E-state index in [-0.39, 0.29) is 11.9 Å². The van der Waals surface area contributed by atoms with Crippen molar-refractivity contribution in [2.75, 3.05) is 0 Å². The van der Waals surface area contributed by atoms with E-state index in [1.165, 1.54) is 25.5 Å². The lowest BCUT2D eigenvalue weighted by molar-refractivity contribution is 0.387. The molecule has 2 rings (SSSR count). The molecule has 0 amide bonds. The van der Waals surface area contributed by atoms with Crippen molar-refractivity contribution in [3.63, 3.8) is 0 Å². The van der Waals surface area contributed by atoms with Gasteiger partial charge in [-0.15, -0.1) is 0 Å². The molecule has 0 radical (unpaired) electrons. The molecule has 1 aromatic rings. The van der Waals surface area contributed by atoms with E-state index in [1.807, 2.05) is 0 Å². The van der Waals surface area contributed by atoms with Crippen LogP contribution in [0.1, 0.15) is 44.7 Å². The second-order valence-electron chi connectivity index (χ2n) is 4.84. The molecule has 1 fully saturated rings. The van der Waals surface area contributed by atoms with E-state index in [9.17, 15) is 4.39 Å². The van der Waals surface area contributed by atoms with Crippen LogP contribution in [0.2, 0.25) is 0 Å². The molecule has 1 aliphatic carbocycles. The Morgan fingerprint density at radius 3 is 2.88 bits per heavy atom. The summed E-state index contributed by atoms with van der Waals surface area (Å²) >= 11 is 0.